The van der Waals surface area contributed by atoms with E-state index in [1.54, 1.807) is 0 Å². The molecule has 1 fully saturated rings. The Morgan fingerprint density at radius 2 is 1.95 bits per heavy atom. The van der Waals surface area contributed by atoms with E-state index in [1.807, 2.05) is 6.07 Å². The molecule has 0 amide bonds. The lowest BCUT2D eigenvalue weighted by atomic mass is 9.49. The van der Waals surface area contributed by atoms with Crippen molar-refractivity contribution in [2.24, 2.45) is 11.3 Å². The fourth-order valence-corrected chi connectivity index (χ4v) is 5.55. The molecule has 2 heteroatoms. The summed E-state index contributed by atoms with van der Waals surface area (Å²) in [6.07, 6.45) is 5.68. The zero-order valence-corrected chi connectivity index (χ0v) is 14.4. The van der Waals surface area contributed by atoms with Gasteiger partial charge in [-0.3, -0.25) is 0 Å². The number of fused-ring (bicyclic) bond motifs is 3. The monoisotopic (exact) mass is 302 g/mol. The predicted molar refractivity (Wildman–Crippen MR) is 90.4 cm³/mol. The second-order valence-corrected chi connectivity index (χ2v) is 8.35. The second kappa shape index (κ2) is 5.26. The summed E-state index contributed by atoms with van der Waals surface area (Å²) in [7, 11) is 0. The number of phenolic OH excluding ortho intramolecular Hbond substituents is 1. The average molecular weight is 302 g/mol. The average Bonchev–Trinajstić information content (AvgIpc) is 2.46. The Morgan fingerprint density at radius 3 is 2.59 bits per heavy atom. The molecule has 1 aromatic carbocycles. The summed E-state index contributed by atoms with van der Waals surface area (Å²) in [6.45, 7) is 9.29. The third-order valence-corrected chi connectivity index (χ3v) is 6.63. The van der Waals surface area contributed by atoms with Gasteiger partial charge in [0.2, 0.25) is 0 Å². The Labute approximate surface area is 134 Å². The van der Waals surface area contributed by atoms with E-state index in [-0.39, 0.29) is 17.4 Å². The largest absolute Gasteiger partial charge is 0.508 e. The maximum atomic E-state index is 10.3. The lowest BCUT2D eigenvalue weighted by Gasteiger charge is -2.55. The van der Waals surface area contributed by atoms with Crippen molar-refractivity contribution in [2.45, 2.75) is 71.1 Å². The molecule has 1 saturated carbocycles. The minimum Gasteiger partial charge on any atom is -0.508 e. The van der Waals surface area contributed by atoms with Crippen LogP contribution in [0.3, 0.4) is 0 Å². The molecular weight excluding hydrogens is 272 g/mol. The van der Waals surface area contributed by atoms with Gasteiger partial charge in [-0.05, 0) is 71.1 Å². The van der Waals surface area contributed by atoms with E-state index in [2.05, 4.69) is 33.8 Å². The summed E-state index contributed by atoms with van der Waals surface area (Å²) < 4.78 is 0. The lowest BCUT2D eigenvalue weighted by Crippen LogP contribution is -2.50. The highest BCUT2D eigenvalue weighted by molar-refractivity contribution is 5.51. The molecule has 3 atom stereocenters. The van der Waals surface area contributed by atoms with Crippen LogP contribution < -0.4 is 0 Å². The van der Waals surface area contributed by atoms with Gasteiger partial charge in [-0.2, -0.15) is 0 Å². The molecule has 2 aliphatic carbocycles. The van der Waals surface area contributed by atoms with Crippen molar-refractivity contribution in [1.29, 1.82) is 0 Å². The minimum absolute atomic E-state index is 0.0422. The van der Waals surface area contributed by atoms with Gasteiger partial charge < -0.3 is 10.2 Å². The summed E-state index contributed by atoms with van der Waals surface area (Å²) in [5.41, 5.74) is 4.15. The summed E-state index contributed by atoms with van der Waals surface area (Å²) in [5, 5.41) is 20.3. The molecule has 0 aromatic heterocycles. The molecule has 0 bridgehead atoms. The second-order valence-electron chi connectivity index (χ2n) is 8.35. The van der Waals surface area contributed by atoms with Gasteiger partial charge in [-0.25, -0.2) is 0 Å². The van der Waals surface area contributed by atoms with Gasteiger partial charge in [-0.15, -0.1) is 0 Å². The molecule has 0 saturated heterocycles. The van der Waals surface area contributed by atoms with Crippen molar-refractivity contribution in [1.82, 2.24) is 0 Å². The number of benzene rings is 1. The Balaban J connectivity index is 2.16. The van der Waals surface area contributed by atoms with Crippen LogP contribution in [0.1, 0.15) is 76.0 Å². The first-order valence-corrected chi connectivity index (χ1v) is 8.79. The number of aromatic hydroxyl groups is 1. The van der Waals surface area contributed by atoms with Crippen LogP contribution in [0.2, 0.25) is 0 Å². The molecule has 0 heterocycles. The van der Waals surface area contributed by atoms with E-state index >= 15 is 0 Å². The molecule has 0 radical (unpaired) electrons. The van der Waals surface area contributed by atoms with E-state index in [1.165, 1.54) is 24.0 Å². The van der Waals surface area contributed by atoms with Crippen molar-refractivity contribution in [3.05, 3.63) is 28.8 Å². The Bertz CT molecular complexity index is 577. The van der Waals surface area contributed by atoms with Crippen LogP contribution in [0.15, 0.2) is 12.1 Å². The number of hydrogen-bond donors (Lipinski definition) is 2. The minimum atomic E-state index is 0.0422. The fourth-order valence-electron chi connectivity index (χ4n) is 5.55. The van der Waals surface area contributed by atoms with E-state index in [0.717, 1.165) is 24.8 Å². The van der Waals surface area contributed by atoms with Gasteiger partial charge in [0.1, 0.15) is 5.75 Å². The smallest absolute Gasteiger partial charge is 0.119 e. The SMILES string of the molecule is CC(C)c1c(O)ccc2c1CCC1[C@@](C)(CO)CCC[C@]21C. The number of aliphatic hydroxyl groups excluding tert-OH is 1. The molecule has 1 unspecified atom stereocenters. The normalized spacial score (nSPS) is 34.4. The van der Waals surface area contributed by atoms with Gasteiger partial charge in [0.15, 0.2) is 0 Å². The van der Waals surface area contributed by atoms with E-state index in [9.17, 15) is 10.2 Å². The maximum absolute atomic E-state index is 10.3. The van der Waals surface area contributed by atoms with Crippen LogP contribution in [-0.4, -0.2) is 16.8 Å². The summed E-state index contributed by atoms with van der Waals surface area (Å²) in [6, 6.07) is 4.05. The molecule has 0 aliphatic heterocycles. The Morgan fingerprint density at radius 1 is 1.23 bits per heavy atom. The van der Waals surface area contributed by atoms with Gasteiger partial charge in [-0.1, -0.05) is 40.2 Å². The lowest BCUT2D eigenvalue weighted by molar-refractivity contribution is -0.0180. The summed E-state index contributed by atoms with van der Waals surface area (Å²) in [4.78, 5) is 0. The van der Waals surface area contributed by atoms with E-state index < -0.39 is 0 Å². The predicted octanol–water partition coefficient (Wildman–Crippen LogP) is 4.52. The van der Waals surface area contributed by atoms with Gasteiger partial charge >= 0.3 is 0 Å². The van der Waals surface area contributed by atoms with Crippen LogP contribution in [0, 0.1) is 11.3 Å². The molecule has 22 heavy (non-hydrogen) atoms. The fraction of sp³-hybridized carbons (Fsp3) is 0.700. The molecule has 2 aliphatic rings. The van der Waals surface area contributed by atoms with Crippen molar-refractivity contribution < 1.29 is 10.2 Å². The molecule has 2 N–H and O–H groups in total. The summed E-state index contributed by atoms with van der Waals surface area (Å²) in [5.74, 6) is 1.34. The number of hydrogen-bond acceptors (Lipinski definition) is 2. The molecule has 1 aromatic rings. The number of rotatable bonds is 2. The molecular formula is C20H30O2. The zero-order valence-electron chi connectivity index (χ0n) is 14.4. The third kappa shape index (κ3) is 2.11. The molecule has 122 valence electrons. The van der Waals surface area contributed by atoms with Crippen molar-refractivity contribution in [3.8, 4) is 5.75 Å². The zero-order chi connectivity index (χ0) is 16.1. The van der Waals surface area contributed by atoms with Gasteiger partial charge in [0, 0.05) is 6.61 Å². The number of aliphatic hydroxyl groups is 1. The topological polar surface area (TPSA) is 40.5 Å². The quantitative estimate of drug-likeness (QED) is 0.843. The Hall–Kier alpha value is -1.02. The first-order valence-electron chi connectivity index (χ1n) is 8.79. The Kier molecular flexibility index (Phi) is 3.79. The van der Waals surface area contributed by atoms with Crippen LogP contribution in [-0.2, 0) is 11.8 Å². The van der Waals surface area contributed by atoms with Crippen LogP contribution in [0.4, 0.5) is 0 Å². The van der Waals surface area contributed by atoms with Crippen molar-refractivity contribution in [2.75, 3.05) is 6.61 Å². The highest BCUT2D eigenvalue weighted by Crippen LogP contribution is 2.58. The van der Waals surface area contributed by atoms with Gasteiger partial charge in [0.25, 0.3) is 0 Å². The van der Waals surface area contributed by atoms with Crippen molar-refractivity contribution >= 4 is 0 Å². The highest BCUT2D eigenvalue weighted by Gasteiger charge is 2.51. The highest BCUT2D eigenvalue weighted by atomic mass is 16.3. The number of phenols is 1. The maximum Gasteiger partial charge on any atom is 0.119 e. The standard InChI is InChI=1S/C20H30O2/c1-13(2)18-14-6-9-17-19(3,12-21)10-5-11-20(17,4)15(14)7-8-16(18)22/h7-8,13,17,21-22H,5-6,9-12H2,1-4H3/t17?,19-,20-/m1/s1. The van der Waals surface area contributed by atoms with Crippen LogP contribution in [0.5, 0.6) is 5.75 Å². The van der Waals surface area contributed by atoms with Crippen LogP contribution >= 0.6 is 0 Å². The van der Waals surface area contributed by atoms with Gasteiger partial charge in [0.05, 0.1) is 0 Å². The molecule has 3 rings (SSSR count). The van der Waals surface area contributed by atoms with E-state index in [4.69, 9.17) is 0 Å². The third-order valence-electron chi connectivity index (χ3n) is 6.63. The molecule has 2 nitrogen and oxygen atoms in total. The van der Waals surface area contributed by atoms with E-state index in [0.29, 0.717) is 17.6 Å². The van der Waals surface area contributed by atoms with Crippen LogP contribution in [0.25, 0.3) is 0 Å². The first kappa shape index (κ1) is 15.9. The molecule has 0 spiro atoms. The summed E-state index contributed by atoms with van der Waals surface area (Å²) >= 11 is 0. The van der Waals surface area contributed by atoms with Crippen molar-refractivity contribution in [3.63, 3.8) is 0 Å². The first-order chi connectivity index (χ1) is 10.3.